The third kappa shape index (κ3) is 5.32. The van der Waals surface area contributed by atoms with Crippen LogP contribution in [0.3, 0.4) is 0 Å². The van der Waals surface area contributed by atoms with E-state index in [1.807, 2.05) is 31.2 Å². The van der Waals surface area contributed by atoms with E-state index in [4.69, 9.17) is 0 Å². The van der Waals surface area contributed by atoms with Gasteiger partial charge in [0.25, 0.3) is 0 Å². The maximum absolute atomic E-state index is 12.6. The Morgan fingerprint density at radius 1 is 0.963 bits per heavy atom. The second kappa shape index (κ2) is 7.82. The zero-order chi connectivity index (χ0) is 20.2. The first-order valence-corrected chi connectivity index (χ1v) is 8.33. The van der Waals surface area contributed by atoms with Gasteiger partial charge in [0.1, 0.15) is 5.41 Å². The summed E-state index contributed by atoms with van der Waals surface area (Å²) in [5, 5.41) is 5.20. The minimum atomic E-state index is -4.45. The minimum Gasteiger partial charge on any atom is -0.351 e. The van der Waals surface area contributed by atoms with Crippen LogP contribution >= 0.6 is 0 Å². The number of aryl methyl sites for hydroxylation is 1. The molecule has 2 rings (SSSR count). The van der Waals surface area contributed by atoms with Crippen LogP contribution in [0.15, 0.2) is 48.5 Å². The van der Waals surface area contributed by atoms with Crippen molar-refractivity contribution in [2.75, 3.05) is 5.32 Å². The molecule has 0 saturated carbocycles. The van der Waals surface area contributed by atoms with Crippen molar-refractivity contribution in [2.24, 2.45) is 5.41 Å². The lowest BCUT2D eigenvalue weighted by molar-refractivity contribution is -0.139. The smallest absolute Gasteiger partial charge is 0.351 e. The molecule has 7 heteroatoms. The van der Waals surface area contributed by atoms with Crippen LogP contribution in [-0.2, 0) is 22.3 Å². The summed E-state index contributed by atoms with van der Waals surface area (Å²) >= 11 is 0. The summed E-state index contributed by atoms with van der Waals surface area (Å²) in [5.41, 5.74) is -0.0569. The van der Waals surface area contributed by atoms with Crippen molar-refractivity contribution in [1.29, 1.82) is 0 Å². The van der Waals surface area contributed by atoms with Crippen LogP contribution in [-0.4, -0.2) is 11.8 Å². The van der Waals surface area contributed by atoms with Crippen LogP contribution < -0.4 is 10.6 Å². The van der Waals surface area contributed by atoms with Crippen LogP contribution in [0, 0.1) is 12.3 Å². The number of hydrogen-bond donors (Lipinski definition) is 2. The molecule has 2 N–H and O–H groups in total. The van der Waals surface area contributed by atoms with Gasteiger partial charge < -0.3 is 10.6 Å². The molecule has 2 aromatic rings. The Balaban J connectivity index is 2.00. The first-order chi connectivity index (χ1) is 12.5. The zero-order valence-electron chi connectivity index (χ0n) is 15.3. The van der Waals surface area contributed by atoms with Gasteiger partial charge in [-0.25, -0.2) is 0 Å². The molecule has 0 atom stereocenters. The second-order valence-corrected chi connectivity index (χ2v) is 6.83. The van der Waals surface area contributed by atoms with Crippen LogP contribution in [0.5, 0.6) is 0 Å². The summed E-state index contributed by atoms with van der Waals surface area (Å²) in [6, 6.07) is 11.7. The fourth-order valence-electron chi connectivity index (χ4n) is 2.36. The monoisotopic (exact) mass is 378 g/mol. The second-order valence-electron chi connectivity index (χ2n) is 6.83. The molecule has 27 heavy (non-hydrogen) atoms. The molecular weight excluding hydrogens is 357 g/mol. The van der Waals surface area contributed by atoms with Crippen LogP contribution in [0.2, 0.25) is 0 Å². The molecule has 0 saturated heterocycles. The number of anilines is 1. The Morgan fingerprint density at radius 3 is 2.15 bits per heavy atom. The van der Waals surface area contributed by atoms with Gasteiger partial charge in [0.15, 0.2) is 0 Å². The van der Waals surface area contributed by atoms with Gasteiger partial charge in [-0.05, 0) is 50.6 Å². The lowest BCUT2D eigenvalue weighted by Crippen LogP contribution is -2.44. The molecule has 0 aliphatic heterocycles. The van der Waals surface area contributed by atoms with E-state index in [-0.39, 0.29) is 12.2 Å². The Bertz CT molecular complexity index is 828. The van der Waals surface area contributed by atoms with E-state index in [1.54, 1.807) is 0 Å². The maximum atomic E-state index is 12.6. The molecule has 0 unspecified atom stereocenters. The van der Waals surface area contributed by atoms with Gasteiger partial charge >= 0.3 is 6.18 Å². The van der Waals surface area contributed by atoms with E-state index in [0.29, 0.717) is 0 Å². The Kier molecular flexibility index (Phi) is 5.93. The highest BCUT2D eigenvalue weighted by molar-refractivity contribution is 6.09. The van der Waals surface area contributed by atoms with Crippen LogP contribution in [0.4, 0.5) is 18.9 Å². The molecule has 4 nitrogen and oxygen atoms in total. The highest BCUT2D eigenvalue weighted by Crippen LogP contribution is 2.30. The quantitative estimate of drug-likeness (QED) is 0.763. The van der Waals surface area contributed by atoms with E-state index in [0.717, 1.165) is 35.4 Å². The van der Waals surface area contributed by atoms with Gasteiger partial charge in [0, 0.05) is 12.2 Å². The van der Waals surface area contributed by atoms with Gasteiger partial charge in [-0.1, -0.05) is 29.8 Å². The molecule has 0 heterocycles. The lowest BCUT2D eigenvalue weighted by atomic mass is 9.90. The number of rotatable bonds is 5. The summed E-state index contributed by atoms with van der Waals surface area (Å²) < 4.78 is 37.8. The van der Waals surface area contributed by atoms with Crippen molar-refractivity contribution >= 4 is 17.5 Å². The Morgan fingerprint density at radius 2 is 1.59 bits per heavy atom. The molecular formula is C20H21F3N2O2. The number of benzene rings is 2. The Hall–Kier alpha value is -2.83. The SMILES string of the molecule is Cc1cccc(CNC(=O)C(C)(C)C(=O)Nc2ccc(C(F)(F)F)cc2)c1. The van der Waals surface area contributed by atoms with E-state index in [1.165, 1.54) is 13.8 Å². The molecule has 0 bridgehead atoms. The molecule has 2 aromatic carbocycles. The molecule has 0 aliphatic rings. The lowest BCUT2D eigenvalue weighted by Gasteiger charge is -2.23. The minimum absolute atomic E-state index is 0.188. The molecule has 0 aliphatic carbocycles. The van der Waals surface area contributed by atoms with Gasteiger partial charge in [-0.15, -0.1) is 0 Å². The van der Waals surface area contributed by atoms with Crippen molar-refractivity contribution in [2.45, 2.75) is 33.5 Å². The van der Waals surface area contributed by atoms with Crippen molar-refractivity contribution in [3.05, 3.63) is 65.2 Å². The molecule has 0 fully saturated rings. The van der Waals surface area contributed by atoms with Gasteiger partial charge in [-0.3, -0.25) is 9.59 Å². The van der Waals surface area contributed by atoms with E-state index < -0.39 is 29.0 Å². The molecule has 0 aromatic heterocycles. The number of carbonyl (C=O) groups excluding carboxylic acids is 2. The van der Waals surface area contributed by atoms with Crippen molar-refractivity contribution in [3.8, 4) is 0 Å². The first kappa shape index (κ1) is 20.5. The van der Waals surface area contributed by atoms with Crippen LogP contribution in [0.25, 0.3) is 0 Å². The van der Waals surface area contributed by atoms with Crippen molar-refractivity contribution in [1.82, 2.24) is 5.32 Å². The predicted molar refractivity (Wildman–Crippen MR) is 96.9 cm³/mol. The largest absolute Gasteiger partial charge is 0.416 e. The van der Waals surface area contributed by atoms with Crippen molar-refractivity contribution < 1.29 is 22.8 Å². The number of hydrogen-bond acceptors (Lipinski definition) is 2. The van der Waals surface area contributed by atoms with Crippen molar-refractivity contribution in [3.63, 3.8) is 0 Å². The summed E-state index contributed by atoms with van der Waals surface area (Å²) in [6.07, 6.45) is -4.45. The number of nitrogens with one attached hydrogen (secondary N) is 2. The highest BCUT2D eigenvalue weighted by Gasteiger charge is 2.36. The first-order valence-electron chi connectivity index (χ1n) is 8.33. The van der Waals surface area contributed by atoms with E-state index >= 15 is 0 Å². The number of halogens is 3. The van der Waals surface area contributed by atoms with E-state index in [9.17, 15) is 22.8 Å². The normalized spacial score (nSPS) is 11.8. The topological polar surface area (TPSA) is 58.2 Å². The fraction of sp³-hybridized carbons (Fsp3) is 0.300. The zero-order valence-corrected chi connectivity index (χ0v) is 15.3. The summed E-state index contributed by atoms with van der Waals surface area (Å²) in [5.74, 6) is -1.09. The summed E-state index contributed by atoms with van der Waals surface area (Å²) in [6.45, 7) is 5.13. The molecule has 0 spiro atoms. The van der Waals surface area contributed by atoms with Gasteiger partial charge in [0.05, 0.1) is 5.56 Å². The standard InChI is InChI=1S/C20H21F3N2O2/c1-13-5-4-6-14(11-13)12-24-17(26)19(2,3)18(27)25-16-9-7-15(8-10-16)20(21,22)23/h4-11H,12H2,1-3H3,(H,24,26)(H,25,27). The molecule has 0 radical (unpaired) electrons. The highest BCUT2D eigenvalue weighted by atomic mass is 19.4. The third-order valence-electron chi connectivity index (χ3n) is 4.14. The summed E-state index contributed by atoms with van der Waals surface area (Å²) in [4.78, 5) is 24.8. The van der Waals surface area contributed by atoms with Gasteiger partial charge in [0.2, 0.25) is 11.8 Å². The Labute approximate surface area is 155 Å². The van der Waals surface area contributed by atoms with Gasteiger partial charge in [-0.2, -0.15) is 13.2 Å². The van der Waals surface area contributed by atoms with Crippen LogP contribution in [0.1, 0.15) is 30.5 Å². The third-order valence-corrected chi connectivity index (χ3v) is 4.14. The number of alkyl halides is 3. The predicted octanol–water partition coefficient (Wildman–Crippen LogP) is 4.29. The number of amides is 2. The maximum Gasteiger partial charge on any atom is 0.416 e. The molecule has 144 valence electrons. The fourth-order valence-corrected chi connectivity index (χ4v) is 2.36. The number of carbonyl (C=O) groups is 2. The molecule has 2 amide bonds. The summed E-state index contributed by atoms with van der Waals surface area (Å²) in [7, 11) is 0. The van der Waals surface area contributed by atoms with E-state index in [2.05, 4.69) is 10.6 Å². The average molecular weight is 378 g/mol. The average Bonchev–Trinajstić information content (AvgIpc) is 2.59.